The summed E-state index contributed by atoms with van der Waals surface area (Å²) in [6.45, 7) is 2.97. The maximum atomic E-state index is 12.9. The summed E-state index contributed by atoms with van der Waals surface area (Å²) in [5, 5.41) is 4.47. The normalized spacial score (nSPS) is 14.5. The van der Waals surface area contributed by atoms with E-state index >= 15 is 0 Å². The topological polar surface area (TPSA) is 107 Å². The third-order valence-corrected chi connectivity index (χ3v) is 6.22. The fraction of sp³-hybridized carbons (Fsp3) is 0.400. The Morgan fingerprint density at radius 2 is 1.73 bits per heavy atom. The third kappa shape index (κ3) is 5.40. The number of amides is 1. The van der Waals surface area contributed by atoms with E-state index < -0.39 is 0 Å². The van der Waals surface area contributed by atoms with Crippen LogP contribution in [0.5, 0.6) is 17.2 Å². The number of H-pyrrole nitrogens is 1. The number of piperidine rings is 1. The van der Waals surface area contributed by atoms with E-state index in [0.29, 0.717) is 22.8 Å². The second-order valence-electron chi connectivity index (χ2n) is 8.11. The number of nitrogens with zero attached hydrogens (tertiary/aromatic N) is 1. The lowest BCUT2D eigenvalue weighted by atomic mass is 10.0. The second kappa shape index (κ2) is 11.1. The minimum absolute atomic E-state index is 0. The molecule has 0 bridgehead atoms. The zero-order valence-corrected chi connectivity index (χ0v) is 19.4. The van der Waals surface area contributed by atoms with E-state index in [2.05, 4.69) is 45.7 Å². The van der Waals surface area contributed by atoms with Gasteiger partial charge in [-0.2, -0.15) is 0 Å². The van der Waals surface area contributed by atoms with Gasteiger partial charge in [0, 0.05) is 48.3 Å². The minimum Gasteiger partial charge on any atom is -0.493 e. The largest absolute Gasteiger partial charge is 0.493 e. The lowest BCUT2D eigenvalue weighted by Gasteiger charge is -2.32. The van der Waals surface area contributed by atoms with Crippen molar-refractivity contribution in [2.24, 2.45) is 0 Å². The highest BCUT2D eigenvalue weighted by atomic mass is 16.5. The molecule has 1 aliphatic rings. The minimum atomic E-state index is -0.124. The van der Waals surface area contributed by atoms with Crippen LogP contribution >= 0.6 is 0 Å². The summed E-state index contributed by atoms with van der Waals surface area (Å²) >= 11 is 0. The van der Waals surface area contributed by atoms with Gasteiger partial charge in [0.25, 0.3) is 5.91 Å². The first-order valence-electron chi connectivity index (χ1n) is 11.0. The summed E-state index contributed by atoms with van der Waals surface area (Å²) in [6.07, 6.45) is 5.01. The van der Waals surface area contributed by atoms with Crippen LogP contribution in [0.4, 0.5) is 0 Å². The highest BCUT2D eigenvalue weighted by molar-refractivity contribution is 5.95. The van der Waals surface area contributed by atoms with Gasteiger partial charge >= 0.3 is 0 Å². The molecule has 0 unspecified atom stereocenters. The molecular formula is C25H33N3O5. The van der Waals surface area contributed by atoms with Gasteiger partial charge < -0.3 is 34.9 Å². The first-order chi connectivity index (χ1) is 15.6. The molecule has 178 valence electrons. The summed E-state index contributed by atoms with van der Waals surface area (Å²) in [5.74, 6) is 1.31. The number of carbonyl (C=O) groups is 1. The second-order valence-corrected chi connectivity index (χ2v) is 8.11. The fourth-order valence-corrected chi connectivity index (χ4v) is 4.40. The molecule has 4 N–H and O–H groups in total. The third-order valence-electron chi connectivity index (χ3n) is 6.22. The van der Waals surface area contributed by atoms with Crippen LogP contribution in [-0.2, 0) is 6.42 Å². The Balaban J connectivity index is 0.00000306. The Morgan fingerprint density at radius 1 is 1.06 bits per heavy atom. The Morgan fingerprint density at radius 3 is 2.36 bits per heavy atom. The number of aromatic nitrogens is 1. The highest BCUT2D eigenvalue weighted by Crippen LogP contribution is 2.38. The summed E-state index contributed by atoms with van der Waals surface area (Å²) in [7, 11) is 4.64. The van der Waals surface area contributed by atoms with E-state index in [4.69, 9.17) is 14.2 Å². The number of benzene rings is 2. The lowest BCUT2D eigenvalue weighted by molar-refractivity contribution is 0.0910. The molecule has 2 heterocycles. The maximum absolute atomic E-state index is 12.9. The Bertz CT molecular complexity index is 1050. The monoisotopic (exact) mass is 455 g/mol. The van der Waals surface area contributed by atoms with Crippen LogP contribution in [-0.4, -0.2) is 68.3 Å². The van der Waals surface area contributed by atoms with Crippen LogP contribution in [0.15, 0.2) is 42.6 Å². The molecule has 2 aromatic carbocycles. The number of nitrogens with one attached hydrogen (secondary N) is 2. The van der Waals surface area contributed by atoms with Gasteiger partial charge in [-0.05, 0) is 43.0 Å². The number of fused-ring (bicyclic) bond motifs is 1. The maximum Gasteiger partial charge on any atom is 0.251 e. The van der Waals surface area contributed by atoms with Crippen LogP contribution in [0, 0.1) is 0 Å². The number of aromatic amines is 1. The van der Waals surface area contributed by atoms with Gasteiger partial charge in [-0.3, -0.25) is 4.79 Å². The average molecular weight is 456 g/mol. The molecule has 1 fully saturated rings. The number of rotatable bonds is 8. The molecule has 0 saturated carbocycles. The predicted molar refractivity (Wildman–Crippen MR) is 129 cm³/mol. The summed E-state index contributed by atoms with van der Waals surface area (Å²) < 4.78 is 16.1. The Hall–Kier alpha value is -3.23. The van der Waals surface area contributed by atoms with Gasteiger partial charge in [0.2, 0.25) is 5.75 Å². The molecule has 0 aliphatic carbocycles. The van der Waals surface area contributed by atoms with Crippen molar-refractivity contribution in [1.29, 1.82) is 0 Å². The van der Waals surface area contributed by atoms with Gasteiger partial charge in [0.15, 0.2) is 11.5 Å². The van der Waals surface area contributed by atoms with Crippen LogP contribution < -0.4 is 19.5 Å². The fourth-order valence-electron chi connectivity index (χ4n) is 4.40. The summed E-state index contributed by atoms with van der Waals surface area (Å²) in [4.78, 5) is 18.7. The number of hydrogen-bond acceptors (Lipinski definition) is 5. The molecule has 8 heteroatoms. The number of para-hydroxylation sites is 1. The van der Waals surface area contributed by atoms with Crippen LogP contribution in [0.1, 0.15) is 28.8 Å². The van der Waals surface area contributed by atoms with Crippen molar-refractivity contribution in [1.82, 2.24) is 15.2 Å². The van der Waals surface area contributed by atoms with Crippen LogP contribution in [0.2, 0.25) is 0 Å². The molecule has 4 rings (SSSR count). The van der Waals surface area contributed by atoms with E-state index in [1.165, 1.54) is 16.5 Å². The predicted octanol–water partition coefficient (Wildman–Crippen LogP) is 2.81. The van der Waals surface area contributed by atoms with E-state index in [1.807, 2.05) is 0 Å². The molecule has 0 spiro atoms. The van der Waals surface area contributed by atoms with E-state index in [0.717, 1.165) is 38.9 Å². The summed E-state index contributed by atoms with van der Waals surface area (Å²) in [5.41, 5.74) is 3.05. The van der Waals surface area contributed by atoms with Crippen molar-refractivity contribution in [2.45, 2.75) is 25.3 Å². The van der Waals surface area contributed by atoms with Crippen molar-refractivity contribution < 1.29 is 24.5 Å². The highest BCUT2D eigenvalue weighted by Gasteiger charge is 2.23. The van der Waals surface area contributed by atoms with Gasteiger partial charge in [0.05, 0.1) is 21.3 Å². The Labute approximate surface area is 194 Å². The number of likely N-dealkylation sites (tertiary alicyclic amines) is 1. The molecule has 3 aromatic rings. The SMILES string of the molecule is COc1cc(C(=O)NC2CCN(CCc3c[nH]c4ccccc34)CC2)cc(OC)c1OC.O. The average Bonchev–Trinajstić information content (AvgIpc) is 3.25. The number of hydrogen-bond donors (Lipinski definition) is 2. The molecule has 1 amide bonds. The van der Waals surface area contributed by atoms with Gasteiger partial charge in [-0.1, -0.05) is 18.2 Å². The number of ether oxygens (including phenoxy) is 3. The first-order valence-corrected chi connectivity index (χ1v) is 11.0. The van der Waals surface area contributed by atoms with Crippen molar-refractivity contribution in [3.8, 4) is 17.2 Å². The van der Waals surface area contributed by atoms with E-state index in [9.17, 15) is 4.79 Å². The van der Waals surface area contributed by atoms with Crippen molar-refractivity contribution in [3.63, 3.8) is 0 Å². The van der Waals surface area contributed by atoms with Crippen molar-refractivity contribution in [2.75, 3.05) is 41.0 Å². The van der Waals surface area contributed by atoms with Crippen molar-refractivity contribution >= 4 is 16.8 Å². The van der Waals surface area contributed by atoms with E-state index in [1.54, 1.807) is 33.5 Å². The number of methoxy groups -OCH3 is 3. The molecule has 0 atom stereocenters. The van der Waals surface area contributed by atoms with Gasteiger partial charge in [-0.15, -0.1) is 0 Å². The lowest BCUT2D eigenvalue weighted by Crippen LogP contribution is -2.45. The molecule has 0 radical (unpaired) electrons. The standard InChI is InChI=1S/C25H31N3O4.H2O/c1-30-22-14-18(15-23(31-2)24(22)32-3)25(29)27-19-9-12-28(13-10-19)11-8-17-16-26-21-7-5-4-6-20(17)21;/h4-7,14-16,19,26H,8-13H2,1-3H3,(H,27,29);1H2. The molecule has 33 heavy (non-hydrogen) atoms. The molecular weight excluding hydrogens is 422 g/mol. The molecule has 1 aliphatic heterocycles. The van der Waals surface area contributed by atoms with Gasteiger partial charge in [0.1, 0.15) is 0 Å². The summed E-state index contributed by atoms with van der Waals surface area (Å²) in [6, 6.07) is 12.0. The first kappa shape index (κ1) is 24.4. The van der Waals surface area contributed by atoms with Crippen LogP contribution in [0.25, 0.3) is 10.9 Å². The molecule has 1 saturated heterocycles. The molecule has 8 nitrogen and oxygen atoms in total. The smallest absolute Gasteiger partial charge is 0.251 e. The zero-order valence-electron chi connectivity index (χ0n) is 19.4. The number of carbonyl (C=O) groups excluding carboxylic acids is 1. The van der Waals surface area contributed by atoms with Crippen molar-refractivity contribution in [3.05, 3.63) is 53.7 Å². The van der Waals surface area contributed by atoms with Crippen LogP contribution in [0.3, 0.4) is 0 Å². The quantitative estimate of drug-likeness (QED) is 0.543. The van der Waals surface area contributed by atoms with E-state index in [-0.39, 0.29) is 17.4 Å². The van der Waals surface area contributed by atoms with Gasteiger partial charge in [-0.25, -0.2) is 0 Å². The zero-order chi connectivity index (χ0) is 22.5. The Kier molecular flexibility index (Phi) is 8.19. The molecule has 1 aromatic heterocycles.